The highest BCUT2D eigenvalue weighted by atomic mass is 16.5. The monoisotopic (exact) mass is 477 g/mol. The first-order valence-corrected chi connectivity index (χ1v) is 11.1. The normalized spacial score (nSPS) is 11.0. The Hall–Kier alpha value is -4.18. The van der Waals surface area contributed by atoms with Gasteiger partial charge >= 0.3 is 0 Å². The molecule has 35 heavy (non-hydrogen) atoms. The topological polar surface area (TPSA) is 121 Å². The minimum absolute atomic E-state index is 0.111. The maximum atomic E-state index is 12.4. The summed E-state index contributed by atoms with van der Waals surface area (Å²) in [6.45, 7) is 4.07. The number of amides is 1. The molecule has 0 unspecified atom stereocenters. The summed E-state index contributed by atoms with van der Waals surface area (Å²) in [5.74, 6) is 1.74. The van der Waals surface area contributed by atoms with Crippen molar-refractivity contribution in [2.24, 2.45) is 0 Å². The lowest BCUT2D eigenvalue weighted by molar-refractivity contribution is -0.115. The van der Waals surface area contributed by atoms with Crippen LogP contribution >= 0.6 is 0 Å². The minimum Gasteiger partial charge on any atom is -0.493 e. The molecule has 0 fully saturated rings. The molecule has 0 saturated heterocycles. The summed E-state index contributed by atoms with van der Waals surface area (Å²) >= 11 is 0. The molecule has 0 saturated carbocycles. The lowest BCUT2D eigenvalue weighted by Gasteiger charge is -2.13. The first kappa shape index (κ1) is 24.0. The van der Waals surface area contributed by atoms with Crippen molar-refractivity contribution in [2.45, 2.75) is 26.3 Å². The number of nitrogens with one attached hydrogen (secondary N) is 1. The zero-order valence-corrected chi connectivity index (χ0v) is 19.8. The summed E-state index contributed by atoms with van der Waals surface area (Å²) in [5.41, 5.74) is 2.11. The van der Waals surface area contributed by atoms with Crippen molar-refractivity contribution < 1.29 is 24.1 Å². The number of nitrogens with zero attached hydrogens (tertiary/aromatic N) is 4. The molecule has 2 aromatic carbocycles. The van der Waals surface area contributed by atoms with Crippen LogP contribution in [0, 0.1) is 0 Å². The summed E-state index contributed by atoms with van der Waals surface area (Å²) in [6, 6.07) is 10.9. The standard InChI is InChI=1S/C25H27N5O5/c1-16(2)30-14-18(13-28-30)29-24(32)10-17-4-6-19(7-5-17)35-25-20-11-22(33-3)23(34-9-8-31)12-21(20)26-15-27-25/h4-7,11-16,31H,8-10H2,1-3H3,(H,29,32). The van der Waals surface area contributed by atoms with E-state index in [4.69, 9.17) is 19.3 Å². The molecule has 0 aliphatic carbocycles. The van der Waals surface area contributed by atoms with Crippen molar-refractivity contribution in [1.82, 2.24) is 19.7 Å². The lowest BCUT2D eigenvalue weighted by Crippen LogP contribution is -2.14. The molecule has 4 rings (SSSR count). The SMILES string of the molecule is COc1cc2c(Oc3ccc(CC(=O)Nc4cnn(C(C)C)c4)cc3)ncnc2cc1OCCO. The molecule has 0 spiro atoms. The minimum atomic E-state index is -0.130. The molecular weight excluding hydrogens is 450 g/mol. The van der Waals surface area contributed by atoms with Crippen molar-refractivity contribution in [2.75, 3.05) is 25.6 Å². The molecule has 1 amide bonds. The van der Waals surface area contributed by atoms with Gasteiger partial charge in [0.1, 0.15) is 18.7 Å². The molecular formula is C25H27N5O5. The van der Waals surface area contributed by atoms with Crippen LogP contribution in [0.1, 0.15) is 25.5 Å². The van der Waals surface area contributed by atoms with Crippen molar-refractivity contribution in [1.29, 1.82) is 0 Å². The van der Waals surface area contributed by atoms with E-state index < -0.39 is 0 Å². The second-order valence-electron chi connectivity index (χ2n) is 8.04. The van der Waals surface area contributed by atoms with Crippen LogP contribution in [0.4, 0.5) is 5.69 Å². The van der Waals surface area contributed by atoms with Gasteiger partial charge in [0.25, 0.3) is 0 Å². The largest absolute Gasteiger partial charge is 0.493 e. The van der Waals surface area contributed by atoms with E-state index in [0.29, 0.717) is 39.7 Å². The average molecular weight is 478 g/mol. The molecule has 10 nitrogen and oxygen atoms in total. The molecule has 2 N–H and O–H groups in total. The van der Waals surface area contributed by atoms with Gasteiger partial charge in [0.05, 0.1) is 42.9 Å². The van der Waals surface area contributed by atoms with Crippen molar-refractivity contribution in [3.63, 3.8) is 0 Å². The first-order chi connectivity index (χ1) is 17.0. The van der Waals surface area contributed by atoms with E-state index in [1.807, 2.05) is 32.2 Å². The maximum absolute atomic E-state index is 12.4. The molecule has 2 aromatic heterocycles. The van der Waals surface area contributed by atoms with Gasteiger partial charge in [-0.25, -0.2) is 9.97 Å². The number of fused-ring (bicyclic) bond motifs is 1. The Kier molecular flexibility index (Phi) is 7.41. The number of aliphatic hydroxyl groups is 1. The smallest absolute Gasteiger partial charge is 0.230 e. The van der Waals surface area contributed by atoms with Crippen molar-refractivity contribution in [3.8, 4) is 23.1 Å². The summed E-state index contributed by atoms with van der Waals surface area (Å²) in [7, 11) is 1.53. The number of ether oxygens (including phenoxy) is 3. The fraction of sp³-hybridized carbons (Fsp3) is 0.280. The number of rotatable bonds is 10. The Labute approximate surface area is 202 Å². The molecule has 0 atom stereocenters. The Morgan fingerprint density at radius 1 is 1.14 bits per heavy atom. The van der Waals surface area contributed by atoms with Crippen molar-refractivity contribution in [3.05, 3.63) is 60.7 Å². The number of aromatic nitrogens is 4. The van der Waals surface area contributed by atoms with E-state index in [-0.39, 0.29) is 31.6 Å². The second kappa shape index (κ2) is 10.8. The number of methoxy groups -OCH3 is 1. The van der Waals surface area contributed by atoms with Gasteiger partial charge in [-0.05, 0) is 37.6 Å². The third-order valence-electron chi connectivity index (χ3n) is 5.15. The van der Waals surface area contributed by atoms with Gasteiger partial charge in [0.15, 0.2) is 11.5 Å². The number of carbonyl (C=O) groups is 1. The third-order valence-corrected chi connectivity index (χ3v) is 5.15. The van der Waals surface area contributed by atoms with E-state index in [2.05, 4.69) is 20.4 Å². The highest BCUT2D eigenvalue weighted by Crippen LogP contribution is 2.36. The fourth-order valence-corrected chi connectivity index (χ4v) is 3.41. The van der Waals surface area contributed by atoms with Crippen LogP contribution in [0.25, 0.3) is 10.9 Å². The third kappa shape index (κ3) is 5.85. The first-order valence-electron chi connectivity index (χ1n) is 11.1. The van der Waals surface area contributed by atoms with Gasteiger partial charge < -0.3 is 24.6 Å². The van der Waals surface area contributed by atoms with Crippen LogP contribution in [0.5, 0.6) is 23.1 Å². The maximum Gasteiger partial charge on any atom is 0.230 e. The number of hydrogen-bond acceptors (Lipinski definition) is 8. The van der Waals surface area contributed by atoms with E-state index in [1.165, 1.54) is 13.4 Å². The molecule has 0 bridgehead atoms. The van der Waals surface area contributed by atoms with Crippen LogP contribution in [-0.4, -0.2) is 51.1 Å². The fourth-order valence-electron chi connectivity index (χ4n) is 3.41. The molecule has 2 heterocycles. The highest BCUT2D eigenvalue weighted by molar-refractivity contribution is 5.92. The van der Waals surface area contributed by atoms with Crippen LogP contribution in [0.2, 0.25) is 0 Å². The van der Waals surface area contributed by atoms with Gasteiger partial charge in [-0.15, -0.1) is 0 Å². The Morgan fingerprint density at radius 3 is 2.63 bits per heavy atom. The number of benzene rings is 2. The summed E-state index contributed by atoms with van der Waals surface area (Å²) in [6.07, 6.45) is 5.07. The zero-order valence-electron chi connectivity index (χ0n) is 19.8. The molecule has 0 aliphatic heterocycles. The number of aliphatic hydroxyl groups excluding tert-OH is 1. The van der Waals surface area contributed by atoms with Gasteiger partial charge in [0, 0.05) is 18.3 Å². The number of hydrogen-bond donors (Lipinski definition) is 2. The number of anilines is 1. The van der Waals surface area contributed by atoms with Gasteiger partial charge in [-0.1, -0.05) is 12.1 Å². The highest BCUT2D eigenvalue weighted by Gasteiger charge is 2.14. The summed E-state index contributed by atoms with van der Waals surface area (Å²) < 4.78 is 18.7. The Balaban J connectivity index is 1.45. The second-order valence-corrected chi connectivity index (χ2v) is 8.04. The van der Waals surface area contributed by atoms with E-state index in [0.717, 1.165) is 5.56 Å². The van der Waals surface area contributed by atoms with Gasteiger partial charge in [-0.3, -0.25) is 9.48 Å². The van der Waals surface area contributed by atoms with Crippen LogP contribution < -0.4 is 19.5 Å². The molecule has 4 aromatic rings. The predicted octanol–water partition coefficient (Wildman–Crippen LogP) is 3.76. The molecule has 0 aliphatic rings. The summed E-state index contributed by atoms with van der Waals surface area (Å²) in [4.78, 5) is 20.9. The van der Waals surface area contributed by atoms with Gasteiger partial charge in [0.2, 0.25) is 11.8 Å². The lowest BCUT2D eigenvalue weighted by atomic mass is 10.1. The quantitative estimate of drug-likeness (QED) is 0.354. The van der Waals surface area contributed by atoms with E-state index in [9.17, 15) is 4.79 Å². The Morgan fingerprint density at radius 2 is 1.94 bits per heavy atom. The van der Waals surface area contributed by atoms with E-state index in [1.54, 1.807) is 35.1 Å². The van der Waals surface area contributed by atoms with E-state index >= 15 is 0 Å². The van der Waals surface area contributed by atoms with Crippen LogP contribution in [0.15, 0.2) is 55.1 Å². The Bertz CT molecular complexity index is 1300. The van der Waals surface area contributed by atoms with Gasteiger partial charge in [-0.2, -0.15) is 5.10 Å². The molecule has 182 valence electrons. The zero-order chi connectivity index (χ0) is 24.8. The summed E-state index contributed by atoms with van der Waals surface area (Å²) in [5, 5.41) is 16.8. The van der Waals surface area contributed by atoms with Crippen LogP contribution in [0.3, 0.4) is 0 Å². The van der Waals surface area contributed by atoms with Crippen LogP contribution in [-0.2, 0) is 11.2 Å². The predicted molar refractivity (Wildman–Crippen MR) is 130 cm³/mol. The average Bonchev–Trinajstić information content (AvgIpc) is 3.32. The molecule has 10 heteroatoms. The van der Waals surface area contributed by atoms with Crippen molar-refractivity contribution >= 4 is 22.5 Å². The molecule has 0 radical (unpaired) electrons. The number of carbonyl (C=O) groups excluding carboxylic acids is 1.